The van der Waals surface area contributed by atoms with Crippen LogP contribution < -0.4 is 23.7 Å². The van der Waals surface area contributed by atoms with Crippen molar-refractivity contribution in [2.75, 3.05) is 20.8 Å². The maximum Gasteiger partial charge on any atom is 0.180 e. The third-order valence-electron chi connectivity index (χ3n) is 11.6. The van der Waals surface area contributed by atoms with Gasteiger partial charge in [0.25, 0.3) is 0 Å². The molecule has 0 amide bonds. The van der Waals surface area contributed by atoms with Crippen molar-refractivity contribution < 1.29 is 28.1 Å². The highest BCUT2D eigenvalue weighted by molar-refractivity contribution is 5.95. The summed E-state index contributed by atoms with van der Waals surface area (Å²) >= 11 is 0. The quantitative estimate of drug-likeness (QED) is 0.153. The van der Waals surface area contributed by atoms with Gasteiger partial charge in [0.15, 0.2) is 11.2 Å². The second-order valence-electron chi connectivity index (χ2n) is 15.1. The van der Waals surface area contributed by atoms with E-state index in [1.54, 1.807) is 26.4 Å². The fourth-order valence-corrected chi connectivity index (χ4v) is 8.55. The number of benzene rings is 8. The predicted molar refractivity (Wildman–Crippen MR) is 244 cm³/mol. The summed E-state index contributed by atoms with van der Waals surface area (Å²) in [5, 5.41) is 4.64. The molecular weight excluding hydrogens is 760 g/mol. The van der Waals surface area contributed by atoms with Crippen LogP contribution in [0.25, 0.3) is 33.7 Å². The monoisotopic (exact) mass is 804 g/mol. The molecule has 0 saturated carbocycles. The Hall–Kier alpha value is -7.31. The Morgan fingerprint density at radius 1 is 0.508 bits per heavy atom. The number of rotatable bonds is 8. The van der Waals surface area contributed by atoms with Crippen molar-refractivity contribution in [2.45, 2.75) is 25.0 Å². The molecule has 0 fully saturated rings. The molecule has 0 saturated heterocycles. The van der Waals surface area contributed by atoms with Gasteiger partial charge in [-0.05, 0) is 120 Å². The molecule has 2 aliphatic heterocycles. The highest BCUT2D eigenvalue weighted by Gasteiger charge is 2.40. The number of fused-ring (bicyclic) bond motifs is 6. The number of halogens is 1. The Bertz CT molecular complexity index is 2930. The molecule has 0 N–H and O–H groups in total. The Labute approximate surface area is 355 Å². The molecule has 8 aromatic carbocycles. The molecule has 5 nitrogen and oxygen atoms in total. The summed E-state index contributed by atoms with van der Waals surface area (Å²) in [4.78, 5) is 0. The van der Waals surface area contributed by atoms with Crippen molar-refractivity contribution >= 4 is 33.7 Å². The third kappa shape index (κ3) is 7.14. The van der Waals surface area contributed by atoms with Gasteiger partial charge in [0, 0.05) is 33.4 Å². The molecule has 2 heterocycles. The Balaban J connectivity index is 0.000000157. The van der Waals surface area contributed by atoms with E-state index in [2.05, 4.69) is 91.9 Å². The van der Waals surface area contributed by atoms with Crippen LogP contribution in [0.4, 0.5) is 4.39 Å². The summed E-state index contributed by atoms with van der Waals surface area (Å²) in [6.45, 7) is 4.73. The molecule has 0 aromatic heterocycles. The van der Waals surface area contributed by atoms with Crippen LogP contribution in [0.3, 0.4) is 0 Å². The SMILES string of the molecule is CCOc1ccc(C2(c3ccc(OC)cc3C)C=Cc3c(ccc4ccccc34)O2)cc1.COc1ccc(C2(c3ccccc3F)C=Cc3c(ccc4ccccc34)O2)cc1. The standard InChI is InChI=1S/C29H26O3.C26H19FO2/c1-4-31-23-12-10-22(11-13-23)29(27-15-14-24(30-3)19-20(27)2)18-17-26-25-8-6-5-7-21(25)9-16-28(26)32-29;1-28-20-13-11-19(12-14-20)26(23-8-4-5-9-24(23)27)17-16-22-21-7-3-2-6-18(21)10-15-25(22)29-26/h5-19H,4H2,1-3H3;2-17H,1H3. The molecule has 6 heteroatoms. The number of aryl methyl sites for hydroxylation is 1. The molecule has 0 spiro atoms. The molecule has 2 unspecified atom stereocenters. The van der Waals surface area contributed by atoms with E-state index < -0.39 is 11.2 Å². The topological polar surface area (TPSA) is 46.2 Å². The number of ether oxygens (including phenoxy) is 5. The van der Waals surface area contributed by atoms with Gasteiger partial charge in [0.2, 0.25) is 0 Å². The molecule has 0 radical (unpaired) electrons. The first-order valence-corrected chi connectivity index (χ1v) is 20.4. The highest BCUT2D eigenvalue weighted by atomic mass is 19.1. The van der Waals surface area contributed by atoms with Crippen molar-refractivity contribution in [1.82, 2.24) is 0 Å². The van der Waals surface area contributed by atoms with Crippen molar-refractivity contribution in [2.24, 2.45) is 0 Å². The number of hydrogen-bond acceptors (Lipinski definition) is 5. The molecule has 61 heavy (non-hydrogen) atoms. The maximum absolute atomic E-state index is 14.9. The first-order valence-electron chi connectivity index (χ1n) is 20.4. The van der Waals surface area contributed by atoms with Crippen molar-refractivity contribution in [3.05, 3.63) is 221 Å². The van der Waals surface area contributed by atoms with E-state index >= 15 is 0 Å². The lowest BCUT2D eigenvalue weighted by Crippen LogP contribution is -2.35. The number of hydrogen-bond donors (Lipinski definition) is 0. The summed E-state index contributed by atoms with van der Waals surface area (Å²) in [5.74, 6) is 3.71. The fraction of sp³-hybridized carbons (Fsp3) is 0.127. The van der Waals surface area contributed by atoms with E-state index in [9.17, 15) is 4.39 Å². The largest absolute Gasteiger partial charge is 0.497 e. The van der Waals surface area contributed by atoms with Crippen LogP contribution in [-0.2, 0) is 11.2 Å². The van der Waals surface area contributed by atoms with Crippen LogP contribution in [0.15, 0.2) is 176 Å². The Morgan fingerprint density at radius 3 is 1.52 bits per heavy atom. The predicted octanol–water partition coefficient (Wildman–Crippen LogP) is 13.2. The van der Waals surface area contributed by atoms with E-state index in [0.717, 1.165) is 72.9 Å². The summed E-state index contributed by atoms with van der Waals surface area (Å²) in [6.07, 6.45) is 8.35. The van der Waals surface area contributed by atoms with Crippen LogP contribution >= 0.6 is 0 Å². The average Bonchev–Trinajstić information content (AvgIpc) is 3.31. The fourth-order valence-electron chi connectivity index (χ4n) is 8.55. The first kappa shape index (κ1) is 39.2. The highest BCUT2D eigenvalue weighted by Crippen LogP contribution is 2.47. The molecular formula is C55H45FO5. The molecule has 0 bridgehead atoms. The zero-order valence-corrected chi connectivity index (χ0v) is 34.5. The van der Waals surface area contributed by atoms with Gasteiger partial charge in [-0.2, -0.15) is 0 Å². The Kier molecular flexibility index (Phi) is 10.5. The lowest BCUT2D eigenvalue weighted by atomic mass is 9.81. The van der Waals surface area contributed by atoms with Crippen molar-refractivity contribution in [1.29, 1.82) is 0 Å². The second-order valence-corrected chi connectivity index (χ2v) is 15.1. The summed E-state index contributed by atoms with van der Waals surface area (Å²) in [6, 6.07) is 53.4. The summed E-state index contributed by atoms with van der Waals surface area (Å²) in [7, 11) is 3.31. The first-order chi connectivity index (χ1) is 29.9. The van der Waals surface area contributed by atoms with E-state index in [1.165, 1.54) is 16.8 Å². The van der Waals surface area contributed by atoms with E-state index in [1.807, 2.05) is 91.9 Å². The van der Waals surface area contributed by atoms with Gasteiger partial charge in [0.1, 0.15) is 34.6 Å². The van der Waals surface area contributed by atoms with Gasteiger partial charge in [-0.1, -0.05) is 109 Å². The Morgan fingerprint density at radius 2 is 1.00 bits per heavy atom. The summed E-state index contributed by atoms with van der Waals surface area (Å²) < 4.78 is 44.8. The lowest BCUT2D eigenvalue weighted by molar-refractivity contribution is 0.156. The van der Waals surface area contributed by atoms with Gasteiger partial charge in [-0.25, -0.2) is 4.39 Å². The van der Waals surface area contributed by atoms with Crippen LogP contribution in [0.5, 0.6) is 28.7 Å². The molecule has 2 aliphatic rings. The van der Waals surface area contributed by atoms with Crippen LogP contribution in [-0.4, -0.2) is 20.8 Å². The third-order valence-corrected chi connectivity index (χ3v) is 11.6. The van der Waals surface area contributed by atoms with Crippen molar-refractivity contribution in [3.63, 3.8) is 0 Å². The van der Waals surface area contributed by atoms with Crippen LogP contribution in [0, 0.1) is 12.7 Å². The minimum absolute atomic E-state index is 0.308. The minimum Gasteiger partial charge on any atom is -0.497 e. The lowest BCUT2D eigenvalue weighted by Gasteiger charge is -2.37. The second kappa shape index (κ2) is 16.4. The molecule has 2 atom stereocenters. The molecule has 8 aromatic rings. The van der Waals surface area contributed by atoms with Gasteiger partial charge in [-0.3, -0.25) is 0 Å². The summed E-state index contributed by atoms with van der Waals surface area (Å²) in [5.41, 5.74) is 4.83. The maximum atomic E-state index is 14.9. The van der Waals surface area contributed by atoms with E-state index in [4.69, 9.17) is 23.7 Å². The van der Waals surface area contributed by atoms with Gasteiger partial charge in [0.05, 0.1) is 20.8 Å². The average molecular weight is 805 g/mol. The van der Waals surface area contributed by atoms with Gasteiger partial charge >= 0.3 is 0 Å². The van der Waals surface area contributed by atoms with Crippen molar-refractivity contribution in [3.8, 4) is 28.7 Å². The zero-order chi connectivity index (χ0) is 42.0. The van der Waals surface area contributed by atoms with E-state index in [0.29, 0.717) is 12.2 Å². The van der Waals surface area contributed by atoms with Crippen LogP contribution in [0.2, 0.25) is 0 Å². The molecule has 302 valence electrons. The normalized spacial score (nSPS) is 17.3. The smallest absolute Gasteiger partial charge is 0.180 e. The van der Waals surface area contributed by atoms with Gasteiger partial charge < -0.3 is 23.7 Å². The molecule has 0 aliphatic carbocycles. The minimum atomic E-state index is -1.06. The van der Waals surface area contributed by atoms with Gasteiger partial charge in [-0.15, -0.1) is 0 Å². The van der Waals surface area contributed by atoms with E-state index in [-0.39, 0.29) is 5.82 Å². The van der Waals surface area contributed by atoms with Crippen LogP contribution in [0.1, 0.15) is 45.9 Å². The zero-order valence-electron chi connectivity index (χ0n) is 34.5. The number of methoxy groups -OCH3 is 2. The molecule has 10 rings (SSSR count).